The second-order valence-corrected chi connectivity index (χ2v) is 11.7. The summed E-state index contributed by atoms with van der Waals surface area (Å²) < 4.78 is 39.3. The first-order valence-corrected chi connectivity index (χ1v) is 16.2. The average molecular weight is 682 g/mol. The van der Waals surface area contributed by atoms with Crippen LogP contribution in [0.4, 0.5) is 13.2 Å². The Hall–Kier alpha value is -2.06. The zero-order valence-corrected chi connectivity index (χ0v) is 27.6. The van der Waals surface area contributed by atoms with Gasteiger partial charge in [-0.05, 0) is 80.7 Å². The standard InChI is InChI=1S/C13H17ClFN3S.C8H6ClF2NO.C6H12N2S.C2H6/c14-10-2-1-3-11(15)9(10)6-18-7-12(19-17)13(16)8-4-5-8;9-8-5(3-12-4-13)6(10)1-2-7(8)11;1-4(9-8)6(7)5-2-3-5;1-2/h1-3,8,18H,4-7,16-17H2;1-2,4H,3H2,(H,12,13);5H,2-3,7-8H2,1H3;1-2H3/b13-12-;;6-4-;. The fourth-order valence-corrected chi connectivity index (χ4v) is 4.70. The highest BCUT2D eigenvalue weighted by molar-refractivity contribution is 8.01. The number of benzene rings is 2. The molecule has 2 aliphatic carbocycles. The van der Waals surface area contributed by atoms with E-state index in [1.165, 1.54) is 30.9 Å². The molecule has 0 radical (unpaired) electrons. The van der Waals surface area contributed by atoms with Crippen molar-refractivity contribution in [2.45, 2.75) is 59.5 Å². The Kier molecular flexibility index (Phi) is 18.9. The van der Waals surface area contributed by atoms with Crippen molar-refractivity contribution in [3.8, 4) is 0 Å². The summed E-state index contributed by atoms with van der Waals surface area (Å²) in [6, 6.07) is 6.56. The van der Waals surface area contributed by atoms with Crippen LogP contribution in [0.5, 0.6) is 0 Å². The molecule has 0 heterocycles. The fourth-order valence-electron chi connectivity index (χ4n) is 3.46. The maximum Gasteiger partial charge on any atom is 0.207 e. The Morgan fingerprint density at radius 1 is 0.884 bits per heavy atom. The average Bonchev–Trinajstić information content (AvgIpc) is 3.93. The summed E-state index contributed by atoms with van der Waals surface area (Å²) in [5.74, 6) is -0.515. The summed E-state index contributed by atoms with van der Waals surface area (Å²) in [4.78, 5) is 11.9. The normalized spacial score (nSPS) is 14.8. The summed E-state index contributed by atoms with van der Waals surface area (Å²) in [5, 5.41) is 16.4. The van der Waals surface area contributed by atoms with E-state index in [1.54, 1.807) is 12.1 Å². The predicted molar refractivity (Wildman–Crippen MR) is 176 cm³/mol. The van der Waals surface area contributed by atoms with Gasteiger partial charge in [-0.3, -0.25) is 15.1 Å². The molecule has 2 saturated carbocycles. The van der Waals surface area contributed by atoms with Crippen molar-refractivity contribution < 1.29 is 18.0 Å². The van der Waals surface area contributed by atoms with Gasteiger partial charge >= 0.3 is 0 Å². The van der Waals surface area contributed by atoms with Crippen molar-refractivity contribution in [1.29, 1.82) is 0 Å². The van der Waals surface area contributed by atoms with Gasteiger partial charge in [-0.25, -0.2) is 13.2 Å². The minimum Gasteiger partial charge on any atom is -0.401 e. The summed E-state index contributed by atoms with van der Waals surface area (Å²) in [6.45, 7) is 6.74. The summed E-state index contributed by atoms with van der Waals surface area (Å²) in [7, 11) is 0. The van der Waals surface area contributed by atoms with Crippen LogP contribution >= 0.6 is 47.1 Å². The first-order valence-electron chi connectivity index (χ1n) is 13.7. The zero-order valence-electron chi connectivity index (χ0n) is 24.5. The molecule has 0 aliphatic heterocycles. The second-order valence-electron chi connectivity index (χ2n) is 9.30. The number of allylic oxidation sites excluding steroid dienone is 3. The Labute approximate surface area is 271 Å². The molecule has 2 aromatic carbocycles. The molecule has 2 aliphatic rings. The quantitative estimate of drug-likeness (QED) is 0.0860. The van der Waals surface area contributed by atoms with Crippen molar-refractivity contribution in [2.24, 2.45) is 33.6 Å². The minimum absolute atomic E-state index is 0.0474. The van der Waals surface area contributed by atoms with Gasteiger partial charge in [-0.1, -0.05) is 55.1 Å². The molecule has 14 heteroatoms. The number of amides is 1. The number of nitrogens with two attached hydrogens (primary N) is 4. The van der Waals surface area contributed by atoms with Gasteiger partial charge < -0.3 is 22.1 Å². The van der Waals surface area contributed by atoms with Crippen molar-refractivity contribution >= 4 is 53.5 Å². The van der Waals surface area contributed by atoms with Gasteiger partial charge in [0.2, 0.25) is 6.41 Å². The number of nitrogens with one attached hydrogen (secondary N) is 2. The maximum atomic E-state index is 13.6. The molecule has 7 nitrogen and oxygen atoms in total. The molecule has 4 rings (SSSR count). The van der Waals surface area contributed by atoms with Gasteiger partial charge in [0.1, 0.15) is 17.5 Å². The van der Waals surface area contributed by atoms with E-state index in [0.29, 0.717) is 41.9 Å². The number of halogens is 5. The van der Waals surface area contributed by atoms with E-state index >= 15 is 0 Å². The molecule has 43 heavy (non-hydrogen) atoms. The van der Waals surface area contributed by atoms with Crippen LogP contribution in [0.3, 0.4) is 0 Å². The third kappa shape index (κ3) is 13.6. The van der Waals surface area contributed by atoms with Gasteiger partial charge in [0.05, 0.1) is 5.02 Å². The monoisotopic (exact) mass is 680 g/mol. The highest BCUT2D eigenvalue weighted by Gasteiger charge is 2.26. The molecule has 0 bridgehead atoms. The number of rotatable bonds is 11. The molecule has 2 fully saturated rings. The van der Waals surface area contributed by atoms with Crippen molar-refractivity contribution in [2.75, 3.05) is 6.54 Å². The molecule has 0 unspecified atom stereocenters. The zero-order chi connectivity index (χ0) is 32.5. The molecular weight excluding hydrogens is 640 g/mol. The summed E-state index contributed by atoms with van der Waals surface area (Å²) in [5.41, 5.74) is 14.0. The van der Waals surface area contributed by atoms with Crippen molar-refractivity contribution in [3.63, 3.8) is 0 Å². The highest BCUT2D eigenvalue weighted by atomic mass is 35.5. The minimum atomic E-state index is -0.703. The molecule has 1 amide bonds. The number of hydrogen-bond acceptors (Lipinski definition) is 8. The molecule has 0 atom stereocenters. The van der Waals surface area contributed by atoms with Gasteiger partial charge in [-0.2, -0.15) is 0 Å². The third-order valence-electron chi connectivity index (χ3n) is 6.23. The van der Waals surface area contributed by atoms with Crippen LogP contribution in [0.1, 0.15) is 57.6 Å². The van der Waals surface area contributed by atoms with E-state index in [2.05, 4.69) is 10.6 Å². The van der Waals surface area contributed by atoms with E-state index in [4.69, 9.17) is 44.9 Å². The Balaban J connectivity index is 0.000000334. The molecule has 240 valence electrons. The second kappa shape index (κ2) is 20.8. The lowest BCUT2D eigenvalue weighted by molar-refractivity contribution is -0.109. The Morgan fingerprint density at radius 2 is 1.44 bits per heavy atom. The molecule has 10 N–H and O–H groups in total. The lowest BCUT2D eigenvalue weighted by atomic mass is 10.2. The van der Waals surface area contributed by atoms with Crippen LogP contribution in [0.25, 0.3) is 0 Å². The fraction of sp³-hybridized carbons (Fsp3) is 0.414. The first kappa shape index (κ1) is 39.0. The Bertz CT molecular complexity index is 1220. The van der Waals surface area contributed by atoms with E-state index in [0.717, 1.165) is 58.1 Å². The highest BCUT2D eigenvalue weighted by Crippen LogP contribution is 2.37. The molecule has 2 aromatic rings. The van der Waals surface area contributed by atoms with Crippen LogP contribution < -0.4 is 32.4 Å². The van der Waals surface area contributed by atoms with Crippen LogP contribution in [-0.4, -0.2) is 13.0 Å². The van der Waals surface area contributed by atoms with Crippen molar-refractivity contribution in [3.05, 3.63) is 90.2 Å². The van der Waals surface area contributed by atoms with Gasteiger partial charge in [0.25, 0.3) is 0 Å². The smallest absolute Gasteiger partial charge is 0.207 e. The topological polar surface area (TPSA) is 145 Å². The number of carbonyl (C=O) groups is 1. The van der Waals surface area contributed by atoms with Crippen LogP contribution in [0, 0.1) is 29.3 Å². The van der Waals surface area contributed by atoms with Crippen molar-refractivity contribution in [1.82, 2.24) is 10.6 Å². The van der Waals surface area contributed by atoms with Crippen LogP contribution in [0.15, 0.2) is 51.5 Å². The molecule has 0 saturated heterocycles. The maximum absolute atomic E-state index is 13.6. The lowest BCUT2D eigenvalue weighted by Crippen LogP contribution is -2.20. The third-order valence-corrected chi connectivity index (χ3v) is 8.25. The SMILES string of the molecule is C/C(SN)=C(/N)C1CC1.CC.NS/C(CNCc1c(F)cccc1Cl)=C(\N)C1CC1.O=CNCc1c(F)ccc(F)c1Cl. The summed E-state index contributed by atoms with van der Waals surface area (Å²) >= 11 is 13.8. The van der Waals surface area contributed by atoms with Gasteiger partial charge in [0, 0.05) is 57.0 Å². The number of carbonyl (C=O) groups excluding carboxylic acids is 1. The largest absolute Gasteiger partial charge is 0.401 e. The van der Waals surface area contributed by atoms with Crippen LogP contribution in [0.2, 0.25) is 10.0 Å². The molecular formula is C29H41Cl2F3N6OS2. The van der Waals surface area contributed by atoms with Gasteiger partial charge in [0.15, 0.2) is 0 Å². The molecule has 0 spiro atoms. The lowest BCUT2D eigenvalue weighted by Gasteiger charge is -2.11. The predicted octanol–water partition coefficient (Wildman–Crippen LogP) is 6.84. The van der Waals surface area contributed by atoms with Crippen LogP contribution in [-0.2, 0) is 17.9 Å². The van der Waals surface area contributed by atoms with E-state index in [-0.39, 0.29) is 22.9 Å². The number of hydrogen-bond donors (Lipinski definition) is 6. The summed E-state index contributed by atoms with van der Waals surface area (Å²) in [6.07, 6.45) is 5.16. The Morgan fingerprint density at radius 3 is 1.95 bits per heavy atom. The van der Waals surface area contributed by atoms with Gasteiger partial charge in [-0.15, -0.1) is 0 Å². The first-order chi connectivity index (χ1) is 20.5. The molecule has 0 aromatic heterocycles. The van der Waals surface area contributed by atoms with E-state index in [9.17, 15) is 18.0 Å². The van der Waals surface area contributed by atoms with E-state index < -0.39 is 11.6 Å². The van der Waals surface area contributed by atoms with E-state index in [1.807, 2.05) is 20.8 Å².